The summed E-state index contributed by atoms with van der Waals surface area (Å²) in [5.74, 6) is 1.09. The van der Waals surface area contributed by atoms with Crippen molar-refractivity contribution >= 4 is 5.69 Å². The SMILES string of the molecule is CNCc1ncc(-c2cc(C)cc([N+](=O)[O-])c2)o1. The topological polar surface area (TPSA) is 81.2 Å². The molecule has 0 saturated heterocycles. The number of nitrogens with one attached hydrogen (secondary N) is 1. The quantitative estimate of drug-likeness (QED) is 0.662. The predicted molar refractivity (Wildman–Crippen MR) is 66.1 cm³/mol. The van der Waals surface area contributed by atoms with Crippen LogP contribution in [0.1, 0.15) is 11.5 Å². The monoisotopic (exact) mass is 247 g/mol. The van der Waals surface area contributed by atoms with Crippen LogP contribution in [0.25, 0.3) is 11.3 Å². The van der Waals surface area contributed by atoms with Gasteiger partial charge in [-0.1, -0.05) is 0 Å². The second-order valence-electron chi connectivity index (χ2n) is 3.96. The molecule has 6 heteroatoms. The highest BCUT2D eigenvalue weighted by Crippen LogP contribution is 2.26. The fraction of sp³-hybridized carbons (Fsp3) is 0.250. The van der Waals surface area contributed by atoms with E-state index in [1.807, 2.05) is 6.07 Å². The fourth-order valence-corrected chi connectivity index (χ4v) is 1.69. The van der Waals surface area contributed by atoms with Gasteiger partial charge in [-0.05, 0) is 25.6 Å². The maximum absolute atomic E-state index is 10.8. The molecule has 0 spiro atoms. The average Bonchev–Trinajstić information content (AvgIpc) is 2.77. The Bertz CT molecular complexity index is 578. The molecular weight excluding hydrogens is 234 g/mol. The summed E-state index contributed by atoms with van der Waals surface area (Å²) in [6, 6.07) is 4.84. The maximum Gasteiger partial charge on any atom is 0.270 e. The Morgan fingerprint density at radius 2 is 2.22 bits per heavy atom. The van der Waals surface area contributed by atoms with Crippen LogP contribution >= 0.6 is 0 Å². The molecule has 1 aromatic carbocycles. The van der Waals surface area contributed by atoms with Crippen LogP contribution < -0.4 is 5.32 Å². The number of aromatic nitrogens is 1. The van der Waals surface area contributed by atoms with E-state index in [4.69, 9.17) is 4.42 Å². The molecule has 0 fully saturated rings. The highest BCUT2D eigenvalue weighted by atomic mass is 16.6. The summed E-state index contributed by atoms with van der Waals surface area (Å²) in [5, 5.41) is 13.7. The van der Waals surface area contributed by atoms with Crippen LogP contribution in [0.4, 0.5) is 5.69 Å². The molecule has 18 heavy (non-hydrogen) atoms. The van der Waals surface area contributed by atoms with E-state index in [9.17, 15) is 10.1 Å². The lowest BCUT2D eigenvalue weighted by Gasteiger charge is -1.99. The largest absolute Gasteiger partial charge is 0.439 e. The second-order valence-corrected chi connectivity index (χ2v) is 3.96. The number of nitrogens with zero attached hydrogens (tertiary/aromatic N) is 2. The fourth-order valence-electron chi connectivity index (χ4n) is 1.69. The molecule has 0 radical (unpaired) electrons. The van der Waals surface area contributed by atoms with Crippen molar-refractivity contribution < 1.29 is 9.34 Å². The van der Waals surface area contributed by atoms with Crippen molar-refractivity contribution in [1.29, 1.82) is 0 Å². The number of hydrogen-bond acceptors (Lipinski definition) is 5. The maximum atomic E-state index is 10.8. The van der Waals surface area contributed by atoms with Crippen LogP contribution in [0.5, 0.6) is 0 Å². The van der Waals surface area contributed by atoms with Gasteiger partial charge in [-0.2, -0.15) is 0 Å². The minimum Gasteiger partial charge on any atom is -0.439 e. The zero-order chi connectivity index (χ0) is 13.1. The predicted octanol–water partition coefficient (Wildman–Crippen LogP) is 2.28. The van der Waals surface area contributed by atoms with E-state index in [0.717, 1.165) is 5.56 Å². The highest BCUT2D eigenvalue weighted by molar-refractivity contribution is 5.61. The van der Waals surface area contributed by atoms with E-state index >= 15 is 0 Å². The first-order valence-electron chi connectivity index (χ1n) is 5.46. The molecule has 0 aliphatic carbocycles. The van der Waals surface area contributed by atoms with E-state index in [-0.39, 0.29) is 5.69 Å². The molecule has 94 valence electrons. The summed E-state index contributed by atoms with van der Waals surface area (Å²) < 4.78 is 5.50. The van der Waals surface area contributed by atoms with Gasteiger partial charge in [0, 0.05) is 17.7 Å². The number of oxazole rings is 1. The Balaban J connectivity index is 2.39. The van der Waals surface area contributed by atoms with Crippen LogP contribution in [-0.4, -0.2) is 17.0 Å². The van der Waals surface area contributed by atoms with Crippen LogP contribution in [0.2, 0.25) is 0 Å². The van der Waals surface area contributed by atoms with Gasteiger partial charge in [-0.15, -0.1) is 0 Å². The van der Waals surface area contributed by atoms with E-state index < -0.39 is 4.92 Å². The third-order valence-corrected chi connectivity index (χ3v) is 2.44. The first kappa shape index (κ1) is 12.3. The zero-order valence-corrected chi connectivity index (χ0v) is 10.1. The molecule has 1 N–H and O–H groups in total. The van der Waals surface area contributed by atoms with Gasteiger partial charge in [-0.3, -0.25) is 10.1 Å². The van der Waals surface area contributed by atoms with Crippen molar-refractivity contribution in [3.05, 3.63) is 46.0 Å². The lowest BCUT2D eigenvalue weighted by Crippen LogP contribution is -2.04. The van der Waals surface area contributed by atoms with Gasteiger partial charge in [0.2, 0.25) is 5.89 Å². The van der Waals surface area contributed by atoms with Gasteiger partial charge in [-0.25, -0.2) is 4.98 Å². The molecule has 0 atom stereocenters. The van der Waals surface area contributed by atoms with Crippen molar-refractivity contribution in [2.45, 2.75) is 13.5 Å². The number of hydrogen-bond donors (Lipinski definition) is 1. The summed E-state index contributed by atoms with van der Waals surface area (Å²) in [7, 11) is 1.79. The number of aryl methyl sites for hydroxylation is 1. The summed E-state index contributed by atoms with van der Waals surface area (Å²) in [6.07, 6.45) is 1.57. The normalized spacial score (nSPS) is 10.6. The molecule has 0 aliphatic heterocycles. The molecule has 6 nitrogen and oxygen atoms in total. The molecule has 1 aromatic heterocycles. The second kappa shape index (κ2) is 4.97. The third-order valence-electron chi connectivity index (χ3n) is 2.44. The minimum atomic E-state index is -0.415. The van der Waals surface area contributed by atoms with Gasteiger partial charge < -0.3 is 9.73 Å². The smallest absolute Gasteiger partial charge is 0.270 e. The number of rotatable bonds is 4. The van der Waals surface area contributed by atoms with Crippen molar-refractivity contribution in [1.82, 2.24) is 10.3 Å². The highest BCUT2D eigenvalue weighted by Gasteiger charge is 2.12. The molecule has 0 aliphatic rings. The van der Waals surface area contributed by atoms with Gasteiger partial charge in [0.15, 0.2) is 5.76 Å². The Labute approximate surface area is 104 Å². The Hall–Kier alpha value is -2.21. The molecule has 0 bridgehead atoms. The number of nitro groups is 1. The van der Waals surface area contributed by atoms with Crippen molar-refractivity contribution in [2.24, 2.45) is 0 Å². The molecule has 0 saturated carbocycles. The van der Waals surface area contributed by atoms with Crippen LogP contribution in [-0.2, 0) is 6.54 Å². The van der Waals surface area contributed by atoms with Gasteiger partial charge in [0.25, 0.3) is 5.69 Å². The summed E-state index contributed by atoms with van der Waals surface area (Å²) in [4.78, 5) is 14.5. The van der Waals surface area contributed by atoms with Gasteiger partial charge in [0.05, 0.1) is 17.7 Å². The van der Waals surface area contributed by atoms with E-state index in [0.29, 0.717) is 23.8 Å². The molecule has 2 aromatic rings. The molecule has 0 unspecified atom stereocenters. The Morgan fingerprint density at radius 1 is 1.44 bits per heavy atom. The van der Waals surface area contributed by atoms with E-state index in [2.05, 4.69) is 10.3 Å². The molecular formula is C12H13N3O3. The van der Waals surface area contributed by atoms with Crippen molar-refractivity contribution in [3.63, 3.8) is 0 Å². The third kappa shape index (κ3) is 2.54. The van der Waals surface area contributed by atoms with E-state index in [1.54, 1.807) is 20.2 Å². The average molecular weight is 247 g/mol. The number of nitro benzene ring substituents is 1. The molecule has 2 rings (SSSR count). The van der Waals surface area contributed by atoms with Crippen LogP contribution in [0, 0.1) is 17.0 Å². The van der Waals surface area contributed by atoms with Gasteiger partial charge in [0.1, 0.15) is 0 Å². The lowest BCUT2D eigenvalue weighted by atomic mass is 10.1. The molecule has 0 amide bonds. The van der Waals surface area contributed by atoms with Crippen LogP contribution in [0.3, 0.4) is 0 Å². The summed E-state index contributed by atoms with van der Waals surface area (Å²) in [5.41, 5.74) is 1.53. The Morgan fingerprint density at radius 3 is 2.89 bits per heavy atom. The molecule has 1 heterocycles. The first-order valence-corrected chi connectivity index (χ1v) is 5.46. The van der Waals surface area contributed by atoms with E-state index in [1.165, 1.54) is 12.1 Å². The zero-order valence-electron chi connectivity index (χ0n) is 10.1. The number of non-ortho nitro benzene ring substituents is 1. The van der Waals surface area contributed by atoms with Gasteiger partial charge >= 0.3 is 0 Å². The standard InChI is InChI=1S/C12H13N3O3/c1-8-3-9(5-10(4-8)15(16)17)11-6-14-12(18-11)7-13-2/h3-6,13H,7H2,1-2H3. The first-order chi connectivity index (χ1) is 8.60. The Kier molecular flexibility index (Phi) is 3.38. The van der Waals surface area contributed by atoms with Crippen molar-refractivity contribution in [2.75, 3.05) is 7.05 Å². The minimum absolute atomic E-state index is 0.0524. The van der Waals surface area contributed by atoms with Crippen LogP contribution in [0.15, 0.2) is 28.8 Å². The lowest BCUT2D eigenvalue weighted by molar-refractivity contribution is -0.384. The van der Waals surface area contributed by atoms with Crippen molar-refractivity contribution in [3.8, 4) is 11.3 Å². The summed E-state index contributed by atoms with van der Waals surface area (Å²) in [6.45, 7) is 2.33. The summed E-state index contributed by atoms with van der Waals surface area (Å²) >= 11 is 0. The number of benzene rings is 1.